The molecule has 166 valence electrons. The fourth-order valence-corrected chi connectivity index (χ4v) is 4.71. The summed E-state index contributed by atoms with van der Waals surface area (Å²) in [5.41, 5.74) is 9.59. The number of hydrogen-bond acceptors (Lipinski definition) is 1. The Morgan fingerprint density at radius 2 is 0.943 bits per heavy atom. The molecular weight excluding hydrogens is 422 g/mol. The van der Waals surface area contributed by atoms with E-state index in [1.165, 1.54) is 44.2 Å². The molecule has 1 nitrogen and oxygen atoms in total. The molecule has 0 aliphatic heterocycles. The molecule has 35 heavy (non-hydrogen) atoms. The van der Waals surface area contributed by atoms with Gasteiger partial charge in [-0.1, -0.05) is 115 Å². The van der Waals surface area contributed by atoms with Gasteiger partial charge in [0.1, 0.15) is 0 Å². The molecule has 0 saturated heterocycles. The number of fused-ring (bicyclic) bond motifs is 1. The van der Waals surface area contributed by atoms with Crippen molar-refractivity contribution in [3.8, 4) is 33.4 Å². The first-order valence-electron chi connectivity index (χ1n) is 12.0. The standard InChI is InChI=1S/C34H25N/c1-3-10-26(11-4-1)31-15-7-8-16-32(31)33-17-9-12-27-18-19-28(24-34(27)33)25-20-22-30(23-21-25)35-29-13-5-2-6-14-29/h1-24,35H. The van der Waals surface area contributed by atoms with Gasteiger partial charge in [-0.05, 0) is 74.5 Å². The highest BCUT2D eigenvalue weighted by Gasteiger charge is 2.11. The van der Waals surface area contributed by atoms with Crippen LogP contribution in [0.25, 0.3) is 44.2 Å². The van der Waals surface area contributed by atoms with Crippen LogP contribution in [0.15, 0.2) is 146 Å². The summed E-state index contributed by atoms with van der Waals surface area (Å²) < 4.78 is 0. The minimum Gasteiger partial charge on any atom is -0.356 e. The zero-order valence-corrected chi connectivity index (χ0v) is 19.4. The highest BCUT2D eigenvalue weighted by molar-refractivity contribution is 6.02. The lowest BCUT2D eigenvalue weighted by Gasteiger charge is -2.14. The van der Waals surface area contributed by atoms with Gasteiger partial charge in [0.05, 0.1) is 0 Å². The van der Waals surface area contributed by atoms with E-state index in [0.29, 0.717) is 0 Å². The van der Waals surface area contributed by atoms with E-state index in [0.717, 1.165) is 11.4 Å². The van der Waals surface area contributed by atoms with Crippen LogP contribution >= 0.6 is 0 Å². The molecule has 0 aliphatic rings. The van der Waals surface area contributed by atoms with E-state index in [1.807, 2.05) is 18.2 Å². The van der Waals surface area contributed by atoms with Gasteiger partial charge in [-0.3, -0.25) is 0 Å². The highest BCUT2D eigenvalue weighted by Crippen LogP contribution is 2.37. The summed E-state index contributed by atoms with van der Waals surface area (Å²) in [7, 11) is 0. The fraction of sp³-hybridized carbons (Fsp3) is 0. The summed E-state index contributed by atoms with van der Waals surface area (Å²) in [6.07, 6.45) is 0. The second-order valence-electron chi connectivity index (χ2n) is 8.72. The van der Waals surface area contributed by atoms with Crippen LogP contribution in [0, 0.1) is 0 Å². The first kappa shape index (κ1) is 20.9. The Hall–Kier alpha value is -4.62. The number of para-hydroxylation sites is 1. The largest absolute Gasteiger partial charge is 0.356 e. The van der Waals surface area contributed by atoms with Crippen LogP contribution in [0.2, 0.25) is 0 Å². The van der Waals surface area contributed by atoms with Crippen molar-refractivity contribution in [1.82, 2.24) is 0 Å². The van der Waals surface area contributed by atoms with Crippen molar-refractivity contribution in [2.45, 2.75) is 0 Å². The number of hydrogen-bond donors (Lipinski definition) is 1. The predicted octanol–water partition coefficient (Wildman–Crippen LogP) is 9.58. The lowest BCUT2D eigenvalue weighted by molar-refractivity contribution is 1.54. The first-order valence-corrected chi connectivity index (χ1v) is 12.0. The molecule has 0 unspecified atom stereocenters. The van der Waals surface area contributed by atoms with E-state index in [-0.39, 0.29) is 0 Å². The second kappa shape index (κ2) is 9.32. The lowest BCUT2D eigenvalue weighted by Crippen LogP contribution is -1.90. The second-order valence-corrected chi connectivity index (χ2v) is 8.72. The van der Waals surface area contributed by atoms with Gasteiger partial charge < -0.3 is 5.32 Å². The molecule has 1 heteroatoms. The maximum Gasteiger partial charge on any atom is 0.0384 e. The minimum absolute atomic E-state index is 1.08. The van der Waals surface area contributed by atoms with E-state index in [4.69, 9.17) is 0 Å². The molecule has 0 fully saturated rings. The molecule has 6 aromatic carbocycles. The topological polar surface area (TPSA) is 12.0 Å². The van der Waals surface area contributed by atoms with Crippen LogP contribution in [0.1, 0.15) is 0 Å². The van der Waals surface area contributed by atoms with Crippen LogP contribution in [-0.4, -0.2) is 0 Å². The summed E-state index contributed by atoms with van der Waals surface area (Å²) in [6, 6.07) is 51.6. The molecule has 0 saturated carbocycles. The Bertz CT molecular complexity index is 1580. The van der Waals surface area contributed by atoms with Crippen molar-refractivity contribution >= 4 is 22.1 Å². The molecule has 0 spiro atoms. The molecule has 6 rings (SSSR count). The van der Waals surface area contributed by atoms with Gasteiger partial charge in [-0.2, -0.15) is 0 Å². The Morgan fingerprint density at radius 3 is 1.71 bits per heavy atom. The molecular formula is C34H25N. The summed E-state index contributed by atoms with van der Waals surface area (Å²) >= 11 is 0. The Balaban J connectivity index is 1.40. The summed E-state index contributed by atoms with van der Waals surface area (Å²) in [5, 5.41) is 5.98. The van der Waals surface area contributed by atoms with Crippen LogP contribution in [0.4, 0.5) is 11.4 Å². The van der Waals surface area contributed by atoms with Gasteiger partial charge in [0.15, 0.2) is 0 Å². The smallest absolute Gasteiger partial charge is 0.0384 e. The van der Waals surface area contributed by atoms with Crippen molar-refractivity contribution in [2.75, 3.05) is 5.32 Å². The minimum atomic E-state index is 1.08. The van der Waals surface area contributed by atoms with Gasteiger partial charge in [-0.25, -0.2) is 0 Å². The van der Waals surface area contributed by atoms with Crippen LogP contribution < -0.4 is 5.32 Å². The molecule has 0 heterocycles. The van der Waals surface area contributed by atoms with Crippen molar-refractivity contribution in [1.29, 1.82) is 0 Å². The predicted molar refractivity (Wildman–Crippen MR) is 150 cm³/mol. The lowest BCUT2D eigenvalue weighted by atomic mass is 9.90. The van der Waals surface area contributed by atoms with Crippen LogP contribution in [0.3, 0.4) is 0 Å². The number of benzene rings is 6. The van der Waals surface area contributed by atoms with E-state index in [1.54, 1.807) is 0 Å². The average Bonchev–Trinajstić information content (AvgIpc) is 2.94. The third kappa shape index (κ3) is 4.32. The monoisotopic (exact) mass is 447 g/mol. The molecule has 0 amide bonds. The van der Waals surface area contributed by atoms with Gasteiger partial charge in [0, 0.05) is 11.4 Å². The van der Waals surface area contributed by atoms with Crippen molar-refractivity contribution in [2.24, 2.45) is 0 Å². The third-order valence-corrected chi connectivity index (χ3v) is 6.46. The Morgan fingerprint density at radius 1 is 0.343 bits per heavy atom. The van der Waals surface area contributed by atoms with Gasteiger partial charge in [0.25, 0.3) is 0 Å². The summed E-state index contributed by atoms with van der Waals surface area (Å²) in [4.78, 5) is 0. The van der Waals surface area contributed by atoms with E-state index in [9.17, 15) is 0 Å². The van der Waals surface area contributed by atoms with Crippen molar-refractivity contribution < 1.29 is 0 Å². The Labute approximate surface area is 206 Å². The number of anilines is 2. The van der Waals surface area contributed by atoms with E-state index >= 15 is 0 Å². The zero-order chi connectivity index (χ0) is 23.5. The maximum absolute atomic E-state index is 3.46. The average molecular weight is 448 g/mol. The molecule has 0 aromatic heterocycles. The molecule has 0 radical (unpaired) electrons. The van der Waals surface area contributed by atoms with Gasteiger partial charge >= 0.3 is 0 Å². The molecule has 0 bridgehead atoms. The van der Waals surface area contributed by atoms with Gasteiger partial charge in [0.2, 0.25) is 0 Å². The number of nitrogens with one attached hydrogen (secondary N) is 1. The van der Waals surface area contributed by atoms with Crippen molar-refractivity contribution in [3.63, 3.8) is 0 Å². The van der Waals surface area contributed by atoms with E-state index < -0.39 is 0 Å². The molecule has 0 aliphatic carbocycles. The highest BCUT2D eigenvalue weighted by atomic mass is 14.9. The van der Waals surface area contributed by atoms with Crippen molar-refractivity contribution in [3.05, 3.63) is 146 Å². The molecule has 6 aromatic rings. The molecule has 1 N–H and O–H groups in total. The fourth-order valence-electron chi connectivity index (χ4n) is 4.71. The molecule has 0 atom stereocenters. The van der Waals surface area contributed by atoms with Gasteiger partial charge in [-0.15, -0.1) is 0 Å². The normalized spacial score (nSPS) is 10.9. The van der Waals surface area contributed by atoms with E-state index in [2.05, 4.69) is 133 Å². The third-order valence-electron chi connectivity index (χ3n) is 6.46. The summed E-state index contributed by atoms with van der Waals surface area (Å²) in [5.74, 6) is 0. The van der Waals surface area contributed by atoms with Crippen LogP contribution in [-0.2, 0) is 0 Å². The zero-order valence-electron chi connectivity index (χ0n) is 19.4. The SMILES string of the molecule is c1ccc(Nc2ccc(-c3ccc4cccc(-c5ccccc5-c5ccccc5)c4c3)cc2)cc1. The summed E-state index contributed by atoms with van der Waals surface area (Å²) in [6.45, 7) is 0. The first-order chi connectivity index (χ1) is 17.3. The van der Waals surface area contributed by atoms with Crippen LogP contribution in [0.5, 0.6) is 0 Å². The number of rotatable bonds is 5. The quantitative estimate of drug-likeness (QED) is 0.277. The Kier molecular flexibility index (Phi) is 5.58. The maximum atomic E-state index is 3.46.